The molecular formula is C24H22N2O7S. The zero-order valence-electron chi connectivity index (χ0n) is 18.1. The van der Waals surface area contributed by atoms with E-state index in [9.17, 15) is 34.8 Å². The molecule has 176 valence electrons. The third kappa shape index (κ3) is 2.76. The van der Waals surface area contributed by atoms with Crippen LogP contribution in [-0.2, 0) is 16.0 Å². The molecule has 2 aromatic rings. The Morgan fingerprint density at radius 1 is 1.21 bits per heavy atom. The highest BCUT2D eigenvalue weighted by atomic mass is 32.1. The number of phenols is 1. The van der Waals surface area contributed by atoms with Crippen LogP contribution in [0.2, 0.25) is 0 Å². The summed E-state index contributed by atoms with van der Waals surface area (Å²) in [7, 11) is 0. The lowest BCUT2D eigenvalue weighted by molar-refractivity contribution is -0.144. The number of benzene rings is 1. The van der Waals surface area contributed by atoms with Crippen molar-refractivity contribution in [2.24, 2.45) is 17.4 Å². The Balaban J connectivity index is 1.74. The quantitative estimate of drug-likeness (QED) is 0.349. The molecule has 8 N–H and O–H groups in total. The topological polar surface area (TPSA) is 184 Å². The molecule has 3 aliphatic rings. The van der Waals surface area contributed by atoms with Gasteiger partial charge in [-0.15, -0.1) is 11.3 Å². The van der Waals surface area contributed by atoms with E-state index in [1.54, 1.807) is 6.07 Å². The second kappa shape index (κ2) is 7.02. The monoisotopic (exact) mass is 482 g/mol. The summed E-state index contributed by atoms with van der Waals surface area (Å²) < 4.78 is 0. The maximum atomic E-state index is 13.6. The molecule has 1 aromatic heterocycles. The van der Waals surface area contributed by atoms with Crippen molar-refractivity contribution in [3.63, 3.8) is 0 Å². The summed E-state index contributed by atoms with van der Waals surface area (Å²) in [6.07, 6.45) is -0.453. The van der Waals surface area contributed by atoms with E-state index in [-0.39, 0.29) is 30.6 Å². The molecule has 0 aliphatic heterocycles. The van der Waals surface area contributed by atoms with Crippen molar-refractivity contribution in [3.05, 3.63) is 62.9 Å². The van der Waals surface area contributed by atoms with Crippen LogP contribution in [0.25, 0.3) is 10.4 Å². The van der Waals surface area contributed by atoms with Crippen LogP contribution < -0.4 is 11.5 Å². The highest BCUT2D eigenvalue weighted by Crippen LogP contribution is 2.53. The van der Waals surface area contributed by atoms with E-state index in [1.807, 2.05) is 18.4 Å². The van der Waals surface area contributed by atoms with E-state index in [1.165, 1.54) is 17.4 Å². The summed E-state index contributed by atoms with van der Waals surface area (Å²) in [5, 5.41) is 45.2. The molecule has 3 aliphatic carbocycles. The number of primary amides is 1. The third-order valence-corrected chi connectivity index (χ3v) is 8.16. The van der Waals surface area contributed by atoms with Crippen LogP contribution in [0.4, 0.5) is 0 Å². The molecule has 0 unspecified atom stereocenters. The van der Waals surface area contributed by atoms with Crippen LogP contribution in [-0.4, -0.2) is 49.0 Å². The van der Waals surface area contributed by atoms with E-state index in [0.29, 0.717) is 11.1 Å². The fourth-order valence-corrected chi connectivity index (χ4v) is 6.50. The van der Waals surface area contributed by atoms with Gasteiger partial charge in [0.2, 0.25) is 5.78 Å². The van der Waals surface area contributed by atoms with Crippen molar-refractivity contribution in [2.45, 2.75) is 37.3 Å². The molecule has 0 bridgehead atoms. The Kier molecular flexibility index (Phi) is 4.61. The number of thiophene rings is 1. The number of Topliss-reactive ketones (excluding diaryl/α,β-unsaturated/α-hetero) is 2. The van der Waals surface area contributed by atoms with Crippen molar-refractivity contribution in [1.29, 1.82) is 0 Å². The van der Waals surface area contributed by atoms with E-state index in [0.717, 1.165) is 10.4 Å². The van der Waals surface area contributed by atoms with Gasteiger partial charge in [-0.3, -0.25) is 14.4 Å². The van der Waals surface area contributed by atoms with Gasteiger partial charge in [-0.05, 0) is 60.0 Å². The number of aryl methyl sites for hydroxylation is 1. The average molecular weight is 483 g/mol. The first kappa shape index (κ1) is 22.3. The molecule has 34 heavy (non-hydrogen) atoms. The molecule has 10 heteroatoms. The number of rotatable bonds is 2. The van der Waals surface area contributed by atoms with Crippen LogP contribution in [0, 0.1) is 12.8 Å². The molecule has 0 saturated carbocycles. The van der Waals surface area contributed by atoms with Crippen molar-refractivity contribution < 1.29 is 34.8 Å². The summed E-state index contributed by atoms with van der Waals surface area (Å²) in [5.74, 6) is -6.35. The Morgan fingerprint density at radius 3 is 2.53 bits per heavy atom. The Bertz CT molecular complexity index is 1390. The maximum Gasteiger partial charge on any atom is 0.255 e. The van der Waals surface area contributed by atoms with Gasteiger partial charge in [0.1, 0.15) is 22.8 Å². The SMILES string of the molecule is Cc1csc(-c2ccc(O)c3c2C[C@@]2(N)C[C@H]4CC(O)=C(C(N)=O)C(=O)[C@@]4(O)C(O)=C2C3=O)c1. The standard InChI is InChI=1S/C24H22N2O7S/c1-9-4-15(34-8-9)11-2-3-13(27)16-12(11)7-23(26)6-10-5-14(28)17(22(25)32)20(30)24(10,33)21(31)18(23)19(16)29/h2-4,8,10,27-28,31,33H,5-7,26H2,1H3,(H2,25,32)/t10-,23+,24-/m1/s1. The van der Waals surface area contributed by atoms with Crippen molar-refractivity contribution in [3.8, 4) is 16.2 Å². The van der Waals surface area contributed by atoms with Gasteiger partial charge in [0.25, 0.3) is 5.91 Å². The largest absolute Gasteiger partial charge is 0.511 e. The van der Waals surface area contributed by atoms with Crippen LogP contribution in [0.1, 0.15) is 34.3 Å². The number of fused-ring (bicyclic) bond motifs is 3. The van der Waals surface area contributed by atoms with Gasteiger partial charge in [-0.25, -0.2) is 0 Å². The maximum absolute atomic E-state index is 13.6. The molecule has 3 atom stereocenters. The Hall–Kier alpha value is -3.47. The number of hydrogen-bond donors (Lipinski definition) is 6. The van der Waals surface area contributed by atoms with E-state index >= 15 is 0 Å². The number of aliphatic hydroxyl groups is 3. The highest BCUT2D eigenvalue weighted by molar-refractivity contribution is 7.13. The minimum absolute atomic E-state index is 0.0298. The number of carbonyl (C=O) groups excluding carboxylic acids is 3. The number of aliphatic hydroxyl groups excluding tert-OH is 2. The molecule has 0 spiro atoms. The fourth-order valence-electron chi connectivity index (χ4n) is 5.54. The molecule has 1 amide bonds. The summed E-state index contributed by atoms with van der Waals surface area (Å²) in [5.41, 5.74) is 8.69. The molecule has 1 heterocycles. The molecular weight excluding hydrogens is 460 g/mol. The smallest absolute Gasteiger partial charge is 0.255 e. The van der Waals surface area contributed by atoms with Gasteiger partial charge in [-0.1, -0.05) is 0 Å². The van der Waals surface area contributed by atoms with Gasteiger partial charge >= 0.3 is 0 Å². The van der Waals surface area contributed by atoms with Gasteiger partial charge in [0, 0.05) is 17.2 Å². The van der Waals surface area contributed by atoms with Crippen molar-refractivity contribution in [2.75, 3.05) is 0 Å². The number of hydrogen-bond acceptors (Lipinski definition) is 9. The number of allylic oxidation sites excluding steroid dienone is 1. The molecule has 0 fully saturated rings. The van der Waals surface area contributed by atoms with Gasteiger partial charge in [0.05, 0.1) is 16.7 Å². The van der Waals surface area contributed by atoms with Crippen molar-refractivity contribution >= 4 is 28.8 Å². The fraction of sp³-hybridized carbons (Fsp3) is 0.292. The summed E-state index contributed by atoms with van der Waals surface area (Å²) in [6, 6.07) is 5.02. The molecule has 5 rings (SSSR count). The zero-order valence-corrected chi connectivity index (χ0v) is 18.9. The van der Waals surface area contributed by atoms with Crippen LogP contribution in [0.15, 0.2) is 46.2 Å². The lowest BCUT2D eigenvalue weighted by Crippen LogP contribution is -2.64. The van der Waals surface area contributed by atoms with Crippen LogP contribution in [0.5, 0.6) is 5.75 Å². The second-order valence-corrected chi connectivity index (χ2v) is 10.2. The predicted molar refractivity (Wildman–Crippen MR) is 122 cm³/mol. The first-order valence-electron chi connectivity index (χ1n) is 10.6. The number of amides is 1. The average Bonchev–Trinajstić information content (AvgIpc) is 3.16. The summed E-state index contributed by atoms with van der Waals surface area (Å²) in [6.45, 7) is 1.93. The first-order chi connectivity index (χ1) is 15.9. The second-order valence-electron chi connectivity index (χ2n) is 9.25. The summed E-state index contributed by atoms with van der Waals surface area (Å²) >= 11 is 1.47. The molecule has 0 radical (unpaired) electrons. The van der Waals surface area contributed by atoms with Crippen molar-refractivity contribution in [1.82, 2.24) is 0 Å². The number of carbonyl (C=O) groups is 3. The minimum atomic E-state index is -2.65. The number of ketones is 2. The van der Waals surface area contributed by atoms with E-state index in [4.69, 9.17) is 11.5 Å². The predicted octanol–water partition coefficient (Wildman–Crippen LogP) is 1.70. The number of phenolic OH excluding ortho intramolecular Hbond substituents is 1. The molecule has 9 nitrogen and oxygen atoms in total. The zero-order chi connectivity index (χ0) is 24.7. The van der Waals surface area contributed by atoms with Crippen LogP contribution in [0.3, 0.4) is 0 Å². The summed E-state index contributed by atoms with van der Waals surface area (Å²) in [4.78, 5) is 39.3. The first-order valence-corrected chi connectivity index (χ1v) is 11.4. The lowest BCUT2D eigenvalue weighted by atomic mass is 9.57. The minimum Gasteiger partial charge on any atom is -0.511 e. The highest BCUT2D eigenvalue weighted by Gasteiger charge is 2.63. The molecule has 1 aromatic carbocycles. The van der Waals surface area contributed by atoms with E-state index in [2.05, 4.69) is 0 Å². The van der Waals surface area contributed by atoms with Gasteiger partial charge in [0.15, 0.2) is 11.4 Å². The third-order valence-electron chi connectivity index (χ3n) is 7.08. The Labute approximate surface area is 197 Å². The number of nitrogens with two attached hydrogens (primary N) is 2. The number of aromatic hydroxyl groups is 1. The van der Waals surface area contributed by atoms with Gasteiger partial charge in [-0.2, -0.15) is 0 Å². The normalized spacial score (nSPS) is 28.5. The lowest BCUT2D eigenvalue weighted by Gasteiger charge is -2.50. The van der Waals surface area contributed by atoms with Crippen LogP contribution >= 0.6 is 11.3 Å². The molecule has 0 saturated heterocycles. The van der Waals surface area contributed by atoms with Gasteiger partial charge < -0.3 is 31.9 Å². The Morgan fingerprint density at radius 2 is 1.91 bits per heavy atom. The van der Waals surface area contributed by atoms with E-state index < -0.39 is 57.2 Å².